The van der Waals surface area contributed by atoms with E-state index in [4.69, 9.17) is 18.6 Å². The van der Waals surface area contributed by atoms with Crippen molar-refractivity contribution in [3.05, 3.63) is 77.6 Å². The van der Waals surface area contributed by atoms with Crippen molar-refractivity contribution in [1.29, 1.82) is 0 Å². The Kier molecular flexibility index (Phi) is 10.1. The average molecular weight is 613 g/mol. The number of benzene rings is 3. The zero-order valence-electron chi connectivity index (χ0n) is 26.4. The van der Waals surface area contributed by atoms with Gasteiger partial charge in [0, 0.05) is 48.8 Å². The summed E-state index contributed by atoms with van der Waals surface area (Å²) in [5.41, 5.74) is 3.53. The fourth-order valence-electron chi connectivity index (χ4n) is 5.57. The van der Waals surface area contributed by atoms with Crippen LogP contribution in [0, 0.1) is 0 Å². The molecule has 0 spiro atoms. The van der Waals surface area contributed by atoms with Crippen molar-refractivity contribution < 1.29 is 33.0 Å². The van der Waals surface area contributed by atoms with Crippen LogP contribution in [0.25, 0.3) is 22.1 Å². The number of fused-ring (bicyclic) bond motifs is 2. The van der Waals surface area contributed by atoms with Crippen molar-refractivity contribution >= 4 is 28.6 Å². The van der Waals surface area contributed by atoms with Gasteiger partial charge in [0.25, 0.3) is 11.8 Å². The van der Waals surface area contributed by atoms with E-state index in [1.807, 2.05) is 45.9 Å². The second-order valence-electron chi connectivity index (χ2n) is 10.8. The molecule has 5 rings (SSSR count). The lowest BCUT2D eigenvalue weighted by molar-refractivity contribution is -0.133. The van der Waals surface area contributed by atoms with Crippen LogP contribution in [0.1, 0.15) is 55.8 Å². The van der Waals surface area contributed by atoms with E-state index in [0.29, 0.717) is 61.0 Å². The molecule has 45 heavy (non-hydrogen) atoms. The van der Waals surface area contributed by atoms with Gasteiger partial charge in [0.2, 0.25) is 5.78 Å². The van der Waals surface area contributed by atoms with Gasteiger partial charge >= 0.3 is 0 Å². The van der Waals surface area contributed by atoms with Gasteiger partial charge < -0.3 is 28.4 Å². The molecule has 1 aliphatic heterocycles. The largest absolute Gasteiger partial charge is 0.493 e. The van der Waals surface area contributed by atoms with E-state index >= 15 is 0 Å². The number of nitrogens with zero attached hydrogens (tertiary/aromatic N) is 2. The summed E-state index contributed by atoms with van der Waals surface area (Å²) in [5, 5.41) is 0.822. The number of ether oxygens (including phenoxy) is 3. The molecule has 0 unspecified atom stereocenters. The van der Waals surface area contributed by atoms with Gasteiger partial charge in [0.05, 0.1) is 6.61 Å². The predicted molar refractivity (Wildman–Crippen MR) is 172 cm³/mol. The number of furan rings is 1. The summed E-state index contributed by atoms with van der Waals surface area (Å²) in [6.07, 6.45) is 1.80. The van der Waals surface area contributed by atoms with Crippen molar-refractivity contribution in [3.8, 4) is 28.4 Å². The Morgan fingerprint density at radius 2 is 1.31 bits per heavy atom. The second-order valence-corrected chi connectivity index (χ2v) is 10.8. The van der Waals surface area contributed by atoms with Crippen LogP contribution in [0.2, 0.25) is 0 Å². The first-order valence-corrected chi connectivity index (χ1v) is 15.6. The smallest absolute Gasteiger partial charge is 0.260 e. The molecule has 0 bridgehead atoms. The number of hydrogen-bond acceptors (Lipinski definition) is 7. The Bertz CT molecular complexity index is 1650. The molecule has 9 nitrogen and oxygen atoms in total. The summed E-state index contributed by atoms with van der Waals surface area (Å²) in [6, 6.07) is 18.0. The van der Waals surface area contributed by atoms with E-state index in [1.165, 1.54) is 0 Å². The minimum absolute atomic E-state index is 0.0468. The molecule has 2 heterocycles. The van der Waals surface area contributed by atoms with Crippen LogP contribution in [0.4, 0.5) is 0 Å². The lowest BCUT2D eigenvalue weighted by Gasteiger charge is -2.18. The van der Waals surface area contributed by atoms with Gasteiger partial charge in [-0.1, -0.05) is 12.1 Å². The summed E-state index contributed by atoms with van der Waals surface area (Å²) in [4.78, 5) is 42.1. The quantitative estimate of drug-likeness (QED) is 0.167. The van der Waals surface area contributed by atoms with Crippen LogP contribution in [0.3, 0.4) is 0 Å². The van der Waals surface area contributed by atoms with Crippen molar-refractivity contribution in [2.75, 3.05) is 46.0 Å². The Morgan fingerprint density at radius 1 is 0.756 bits per heavy atom. The average Bonchev–Trinajstić information content (AvgIpc) is 3.44. The molecule has 3 aromatic carbocycles. The lowest BCUT2D eigenvalue weighted by Crippen LogP contribution is -2.34. The topological polar surface area (TPSA) is 98.5 Å². The molecular formula is C36H40N2O7. The fraction of sp³-hybridized carbons (Fsp3) is 0.361. The first-order valence-electron chi connectivity index (χ1n) is 15.6. The summed E-state index contributed by atoms with van der Waals surface area (Å²) < 4.78 is 23.6. The highest BCUT2D eigenvalue weighted by Gasteiger charge is 2.26. The van der Waals surface area contributed by atoms with E-state index in [1.54, 1.807) is 46.2 Å². The monoisotopic (exact) mass is 612 g/mol. The van der Waals surface area contributed by atoms with Gasteiger partial charge in [-0.25, -0.2) is 0 Å². The summed E-state index contributed by atoms with van der Waals surface area (Å²) in [6.45, 7) is 10.7. The maximum Gasteiger partial charge on any atom is 0.260 e. The van der Waals surface area contributed by atoms with E-state index < -0.39 is 0 Å². The third kappa shape index (κ3) is 6.98. The number of rotatable bonds is 13. The molecule has 1 aliphatic rings. The number of carbonyl (C=O) groups is 3. The van der Waals surface area contributed by atoms with Crippen LogP contribution in [-0.4, -0.2) is 73.4 Å². The van der Waals surface area contributed by atoms with Gasteiger partial charge in [-0.05, 0) is 94.1 Å². The number of likely N-dealkylation sites (N-methyl/N-ethyl adjacent to an activating group) is 2. The maximum absolute atomic E-state index is 13.9. The van der Waals surface area contributed by atoms with Gasteiger partial charge in [0.1, 0.15) is 22.8 Å². The summed E-state index contributed by atoms with van der Waals surface area (Å²) in [5.74, 6) is 1.59. The molecular weight excluding hydrogens is 572 g/mol. The molecule has 9 heteroatoms. The number of hydrogen-bond donors (Lipinski definition) is 0. The first kappa shape index (κ1) is 31.6. The van der Waals surface area contributed by atoms with Crippen molar-refractivity contribution in [1.82, 2.24) is 9.80 Å². The number of carbonyl (C=O) groups excluding carboxylic acids is 3. The van der Waals surface area contributed by atoms with E-state index in [2.05, 4.69) is 6.07 Å². The highest BCUT2D eigenvalue weighted by Crippen LogP contribution is 2.41. The first-order chi connectivity index (χ1) is 21.9. The zero-order chi connectivity index (χ0) is 31.9. The molecule has 0 radical (unpaired) electrons. The van der Waals surface area contributed by atoms with E-state index in [9.17, 15) is 14.4 Å². The Labute approximate surface area is 263 Å². The molecule has 0 fully saturated rings. The molecule has 236 valence electrons. The van der Waals surface area contributed by atoms with Gasteiger partial charge in [-0.3, -0.25) is 14.4 Å². The SMILES string of the molecule is CCN(CC)C(=O)COc1ccc(C(=O)c2oc3cc4c(cc3c2-c2ccc(OCC(=O)N(CC)CC)cc2)CCCO4)cc1. The summed E-state index contributed by atoms with van der Waals surface area (Å²) in [7, 11) is 0. The molecule has 0 saturated heterocycles. The number of amides is 2. The summed E-state index contributed by atoms with van der Waals surface area (Å²) >= 11 is 0. The Hall–Kier alpha value is -4.79. The minimum atomic E-state index is -0.281. The van der Waals surface area contributed by atoms with Gasteiger partial charge in [0.15, 0.2) is 19.0 Å². The fourth-order valence-corrected chi connectivity index (χ4v) is 5.57. The standard InChI is InChI=1S/C36H40N2O7/c1-5-37(6-2)32(39)22-43-27-15-11-24(12-16-27)34-29-20-26-10-9-19-42-30(26)21-31(29)45-36(34)35(41)25-13-17-28(18-14-25)44-23-33(40)38(7-3)8-4/h11-18,20-21H,5-10,19,22-23H2,1-4H3. The Balaban J connectivity index is 1.43. The van der Waals surface area contributed by atoms with Gasteiger partial charge in [-0.2, -0.15) is 0 Å². The van der Waals surface area contributed by atoms with Crippen LogP contribution >= 0.6 is 0 Å². The van der Waals surface area contributed by atoms with Crippen molar-refractivity contribution in [3.63, 3.8) is 0 Å². The van der Waals surface area contributed by atoms with Crippen LogP contribution in [-0.2, 0) is 16.0 Å². The molecule has 2 amide bonds. The van der Waals surface area contributed by atoms with Crippen molar-refractivity contribution in [2.24, 2.45) is 0 Å². The molecule has 0 saturated carbocycles. The van der Waals surface area contributed by atoms with Crippen LogP contribution in [0.5, 0.6) is 17.2 Å². The second kappa shape index (κ2) is 14.3. The number of ketones is 1. The van der Waals surface area contributed by atoms with Crippen LogP contribution in [0.15, 0.2) is 65.1 Å². The molecule has 1 aromatic heterocycles. The highest BCUT2D eigenvalue weighted by molar-refractivity contribution is 6.16. The Morgan fingerprint density at radius 3 is 1.87 bits per heavy atom. The highest BCUT2D eigenvalue weighted by atomic mass is 16.5. The molecule has 0 aliphatic carbocycles. The van der Waals surface area contributed by atoms with E-state index in [0.717, 1.165) is 35.1 Å². The van der Waals surface area contributed by atoms with Crippen LogP contribution < -0.4 is 14.2 Å². The molecule has 0 atom stereocenters. The lowest BCUT2D eigenvalue weighted by atomic mass is 9.95. The van der Waals surface area contributed by atoms with Crippen molar-refractivity contribution in [2.45, 2.75) is 40.5 Å². The minimum Gasteiger partial charge on any atom is -0.493 e. The van der Waals surface area contributed by atoms with Gasteiger partial charge in [-0.15, -0.1) is 0 Å². The van der Waals surface area contributed by atoms with E-state index in [-0.39, 0.29) is 36.6 Å². The zero-order valence-corrected chi connectivity index (χ0v) is 26.4. The number of aryl methyl sites for hydroxylation is 1. The molecule has 0 N–H and O–H groups in total. The third-order valence-corrected chi connectivity index (χ3v) is 8.14. The third-order valence-electron chi connectivity index (χ3n) is 8.14. The maximum atomic E-state index is 13.9. The molecule has 4 aromatic rings. The normalized spacial score (nSPS) is 12.3. The predicted octanol–water partition coefficient (Wildman–Crippen LogP) is 6.15.